The number of aryl methyl sites for hydroxylation is 1. The second-order valence-corrected chi connectivity index (χ2v) is 11.6. The number of carbonyl (C=O) groups is 1. The van der Waals surface area contributed by atoms with Crippen LogP contribution in [0.3, 0.4) is 0 Å². The summed E-state index contributed by atoms with van der Waals surface area (Å²) in [6, 6.07) is 10.6. The lowest BCUT2D eigenvalue weighted by Gasteiger charge is -2.42. The van der Waals surface area contributed by atoms with Crippen LogP contribution in [0.4, 0.5) is 4.39 Å². The standard InChI is InChI=1S/C25H30ClFN2O5S/c1-19-15-21(27)5-8-23(19)35(31,32)29-10-2-9-25(17-29,16-24(30)28-11-13-33-14-12-28)18-34-22-6-3-20(26)4-7-22/h3-8,15H,2,9-14,16-18H2,1H3/t25-/m1/s1. The van der Waals surface area contributed by atoms with Crippen LogP contribution in [0.1, 0.15) is 24.8 Å². The molecule has 35 heavy (non-hydrogen) atoms. The first-order chi connectivity index (χ1) is 16.7. The summed E-state index contributed by atoms with van der Waals surface area (Å²) < 4.78 is 53.6. The molecule has 2 aliphatic heterocycles. The molecule has 2 saturated heterocycles. The molecule has 7 nitrogen and oxygen atoms in total. The van der Waals surface area contributed by atoms with Gasteiger partial charge in [0.2, 0.25) is 15.9 Å². The van der Waals surface area contributed by atoms with Gasteiger partial charge in [-0.05, 0) is 67.8 Å². The topological polar surface area (TPSA) is 76.2 Å². The number of hydrogen-bond donors (Lipinski definition) is 0. The molecule has 0 saturated carbocycles. The molecule has 2 aromatic rings. The third-order valence-corrected chi connectivity index (χ3v) is 8.89. The lowest BCUT2D eigenvalue weighted by atomic mass is 9.78. The summed E-state index contributed by atoms with van der Waals surface area (Å²) in [5.41, 5.74) is -0.364. The zero-order valence-corrected chi connectivity index (χ0v) is 21.3. The number of sulfonamides is 1. The van der Waals surface area contributed by atoms with Crippen molar-refractivity contribution in [3.05, 3.63) is 58.9 Å². The van der Waals surface area contributed by atoms with E-state index in [-0.39, 0.29) is 30.4 Å². The van der Waals surface area contributed by atoms with Crippen molar-refractivity contribution < 1.29 is 27.1 Å². The zero-order chi connectivity index (χ0) is 25.1. The Hall–Kier alpha value is -2.20. The Kier molecular flexibility index (Phi) is 8.00. The third kappa shape index (κ3) is 6.14. The first-order valence-electron chi connectivity index (χ1n) is 11.7. The molecular formula is C25H30ClFN2O5S. The van der Waals surface area contributed by atoms with Gasteiger partial charge in [-0.3, -0.25) is 4.79 Å². The Morgan fingerprint density at radius 1 is 1.14 bits per heavy atom. The molecule has 0 radical (unpaired) electrons. The van der Waals surface area contributed by atoms with Gasteiger partial charge in [0.1, 0.15) is 11.6 Å². The van der Waals surface area contributed by atoms with Crippen LogP contribution >= 0.6 is 11.6 Å². The van der Waals surface area contributed by atoms with Crippen LogP contribution in [0.5, 0.6) is 5.75 Å². The number of nitrogens with zero attached hydrogens (tertiary/aromatic N) is 2. The molecule has 1 amide bonds. The van der Waals surface area contributed by atoms with Gasteiger partial charge in [0.05, 0.1) is 24.7 Å². The normalized spacial score (nSPS) is 21.6. The van der Waals surface area contributed by atoms with E-state index in [4.69, 9.17) is 21.1 Å². The summed E-state index contributed by atoms with van der Waals surface area (Å²) in [6.45, 7) is 4.24. The van der Waals surface area contributed by atoms with Crippen molar-refractivity contribution in [3.63, 3.8) is 0 Å². The number of halogens is 2. The Bertz CT molecular complexity index is 1150. The van der Waals surface area contributed by atoms with Gasteiger partial charge >= 0.3 is 0 Å². The van der Waals surface area contributed by atoms with Gasteiger partial charge in [-0.15, -0.1) is 0 Å². The van der Waals surface area contributed by atoms with E-state index in [1.54, 1.807) is 36.1 Å². The number of ether oxygens (including phenoxy) is 2. The first kappa shape index (κ1) is 25.9. The third-order valence-electron chi connectivity index (χ3n) is 6.63. The van der Waals surface area contributed by atoms with Gasteiger partial charge in [0.25, 0.3) is 0 Å². The van der Waals surface area contributed by atoms with Crippen LogP contribution in [0, 0.1) is 18.2 Å². The highest BCUT2D eigenvalue weighted by Gasteiger charge is 2.43. The van der Waals surface area contributed by atoms with E-state index in [9.17, 15) is 17.6 Å². The van der Waals surface area contributed by atoms with Crippen molar-refractivity contribution in [2.45, 2.75) is 31.1 Å². The maximum atomic E-state index is 13.6. The molecule has 0 aromatic heterocycles. The van der Waals surface area contributed by atoms with Crippen LogP contribution in [0.2, 0.25) is 5.02 Å². The molecule has 0 aliphatic carbocycles. The minimum atomic E-state index is -3.88. The second-order valence-electron chi connectivity index (χ2n) is 9.26. The van der Waals surface area contributed by atoms with Crippen molar-refractivity contribution in [1.82, 2.24) is 9.21 Å². The summed E-state index contributed by atoms with van der Waals surface area (Å²) in [4.78, 5) is 15.1. The number of amides is 1. The second kappa shape index (κ2) is 10.8. The molecule has 2 fully saturated rings. The fraction of sp³-hybridized carbons (Fsp3) is 0.480. The largest absolute Gasteiger partial charge is 0.493 e. The van der Waals surface area contributed by atoms with Gasteiger partial charge in [-0.2, -0.15) is 4.31 Å². The van der Waals surface area contributed by atoms with Crippen molar-refractivity contribution in [3.8, 4) is 5.75 Å². The Morgan fingerprint density at radius 2 is 1.86 bits per heavy atom. The molecule has 190 valence electrons. The molecule has 0 bridgehead atoms. The molecule has 2 aromatic carbocycles. The molecule has 4 rings (SSSR count). The number of piperidine rings is 1. The van der Waals surface area contributed by atoms with E-state index < -0.39 is 21.3 Å². The highest BCUT2D eigenvalue weighted by Crippen LogP contribution is 2.38. The minimum absolute atomic E-state index is 0.0368. The van der Waals surface area contributed by atoms with Crippen molar-refractivity contribution in [1.29, 1.82) is 0 Å². The van der Waals surface area contributed by atoms with Crippen molar-refractivity contribution in [2.24, 2.45) is 5.41 Å². The summed E-state index contributed by atoms with van der Waals surface area (Å²) in [7, 11) is -3.88. The molecule has 1 atom stereocenters. The molecule has 2 aliphatic rings. The van der Waals surface area contributed by atoms with E-state index in [1.807, 2.05) is 0 Å². The van der Waals surface area contributed by atoms with Crippen LogP contribution < -0.4 is 4.74 Å². The molecule has 2 heterocycles. The highest BCUT2D eigenvalue weighted by atomic mass is 35.5. The average molecular weight is 525 g/mol. The maximum Gasteiger partial charge on any atom is 0.243 e. The number of benzene rings is 2. The number of carbonyl (C=O) groups excluding carboxylic acids is 1. The number of hydrogen-bond acceptors (Lipinski definition) is 5. The lowest BCUT2D eigenvalue weighted by Crippen LogP contribution is -2.52. The number of rotatable bonds is 7. The van der Waals surface area contributed by atoms with E-state index in [0.717, 1.165) is 6.07 Å². The van der Waals surface area contributed by atoms with Crippen LogP contribution in [0.15, 0.2) is 47.4 Å². The molecule has 0 spiro atoms. The van der Waals surface area contributed by atoms with E-state index >= 15 is 0 Å². The lowest BCUT2D eigenvalue weighted by molar-refractivity contribution is -0.139. The SMILES string of the molecule is Cc1cc(F)ccc1S(=O)(=O)N1CCC[C@@](COc2ccc(Cl)cc2)(CC(=O)N2CCOCC2)C1. The summed E-state index contributed by atoms with van der Waals surface area (Å²) >= 11 is 5.98. The van der Waals surface area contributed by atoms with Crippen LogP contribution in [0.25, 0.3) is 0 Å². The Labute approximate surface area is 210 Å². The summed E-state index contributed by atoms with van der Waals surface area (Å²) in [6.07, 6.45) is 1.39. The number of morpholine rings is 1. The fourth-order valence-corrected chi connectivity index (χ4v) is 6.66. The van der Waals surface area contributed by atoms with E-state index in [2.05, 4.69) is 0 Å². The quantitative estimate of drug-likeness (QED) is 0.549. The molecular weight excluding hydrogens is 495 g/mol. The summed E-state index contributed by atoms with van der Waals surface area (Å²) in [5, 5.41) is 0.583. The van der Waals surface area contributed by atoms with Crippen LogP contribution in [-0.2, 0) is 19.6 Å². The predicted molar refractivity (Wildman–Crippen MR) is 131 cm³/mol. The van der Waals surface area contributed by atoms with Gasteiger partial charge in [-0.25, -0.2) is 12.8 Å². The van der Waals surface area contributed by atoms with E-state index in [1.165, 1.54) is 16.4 Å². The zero-order valence-electron chi connectivity index (χ0n) is 19.7. The smallest absolute Gasteiger partial charge is 0.243 e. The van der Waals surface area contributed by atoms with E-state index in [0.29, 0.717) is 62.0 Å². The summed E-state index contributed by atoms with van der Waals surface area (Å²) in [5.74, 6) is 0.0779. The van der Waals surface area contributed by atoms with Gasteiger partial charge < -0.3 is 14.4 Å². The average Bonchev–Trinajstić information content (AvgIpc) is 2.84. The Balaban J connectivity index is 1.59. The van der Waals surface area contributed by atoms with Crippen molar-refractivity contribution >= 4 is 27.5 Å². The van der Waals surface area contributed by atoms with Gasteiger partial charge in [-0.1, -0.05) is 11.6 Å². The predicted octanol–water partition coefficient (Wildman–Crippen LogP) is 3.89. The fourth-order valence-electron chi connectivity index (χ4n) is 4.73. The van der Waals surface area contributed by atoms with Crippen molar-refractivity contribution in [2.75, 3.05) is 46.0 Å². The highest BCUT2D eigenvalue weighted by molar-refractivity contribution is 7.89. The minimum Gasteiger partial charge on any atom is -0.493 e. The molecule has 10 heteroatoms. The maximum absolute atomic E-state index is 13.6. The van der Waals surface area contributed by atoms with Gasteiger partial charge in [0.15, 0.2) is 0 Å². The Morgan fingerprint density at radius 3 is 2.54 bits per heavy atom. The van der Waals surface area contributed by atoms with Gasteiger partial charge in [0, 0.05) is 43.0 Å². The molecule has 0 N–H and O–H groups in total. The monoisotopic (exact) mass is 524 g/mol. The van der Waals surface area contributed by atoms with Crippen LogP contribution in [-0.4, -0.2) is 69.5 Å². The molecule has 0 unspecified atom stereocenters. The first-order valence-corrected chi connectivity index (χ1v) is 13.5.